The van der Waals surface area contributed by atoms with Gasteiger partial charge in [0.25, 0.3) is 11.8 Å². The second kappa shape index (κ2) is 11.7. The lowest BCUT2D eigenvalue weighted by atomic mass is 10.1. The van der Waals surface area contributed by atoms with Gasteiger partial charge in [-0.3, -0.25) is 9.59 Å². The van der Waals surface area contributed by atoms with Crippen LogP contribution in [-0.4, -0.2) is 42.9 Å². The SMILES string of the molecule is CCCCN(CC)CCCNC(=O)c1ccc(C=C2Sc3ccccc3NC2=O)cc1. The molecule has 0 radical (unpaired) electrons. The van der Waals surface area contributed by atoms with Crippen LogP contribution in [0.25, 0.3) is 6.08 Å². The van der Waals surface area contributed by atoms with Crippen LogP contribution in [0.4, 0.5) is 5.69 Å². The second-order valence-corrected chi connectivity index (χ2v) is 8.66. The monoisotopic (exact) mass is 437 g/mol. The van der Waals surface area contributed by atoms with Gasteiger partial charge in [-0.05, 0) is 68.4 Å². The van der Waals surface area contributed by atoms with Gasteiger partial charge in [-0.15, -0.1) is 0 Å². The second-order valence-electron chi connectivity index (χ2n) is 7.58. The van der Waals surface area contributed by atoms with E-state index in [1.807, 2.05) is 42.5 Å². The molecular formula is C25H31N3O2S. The summed E-state index contributed by atoms with van der Waals surface area (Å²) in [6.07, 6.45) is 5.22. The van der Waals surface area contributed by atoms with Crippen molar-refractivity contribution in [1.82, 2.24) is 10.2 Å². The molecular weight excluding hydrogens is 406 g/mol. The van der Waals surface area contributed by atoms with Crippen molar-refractivity contribution in [2.45, 2.75) is 38.0 Å². The molecule has 0 atom stereocenters. The van der Waals surface area contributed by atoms with E-state index < -0.39 is 0 Å². The maximum Gasteiger partial charge on any atom is 0.262 e. The van der Waals surface area contributed by atoms with Gasteiger partial charge in [-0.25, -0.2) is 0 Å². The maximum absolute atomic E-state index is 12.4. The van der Waals surface area contributed by atoms with Crippen LogP contribution in [0, 0.1) is 0 Å². The molecule has 1 aliphatic heterocycles. The third kappa shape index (κ3) is 6.71. The predicted molar refractivity (Wildman–Crippen MR) is 129 cm³/mol. The van der Waals surface area contributed by atoms with E-state index in [1.54, 1.807) is 12.1 Å². The number of hydrogen-bond donors (Lipinski definition) is 2. The fourth-order valence-electron chi connectivity index (χ4n) is 3.40. The number of rotatable bonds is 10. The van der Waals surface area contributed by atoms with Crippen molar-refractivity contribution in [2.75, 3.05) is 31.5 Å². The number of para-hydroxylation sites is 1. The highest BCUT2D eigenvalue weighted by molar-refractivity contribution is 8.04. The third-order valence-electron chi connectivity index (χ3n) is 5.26. The lowest BCUT2D eigenvalue weighted by molar-refractivity contribution is -0.112. The number of amides is 2. The Hall–Kier alpha value is -2.57. The van der Waals surface area contributed by atoms with Gasteiger partial charge >= 0.3 is 0 Å². The van der Waals surface area contributed by atoms with Gasteiger partial charge in [0.15, 0.2) is 0 Å². The fraction of sp³-hybridized carbons (Fsp3) is 0.360. The number of thioether (sulfide) groups is 1. The van der Waals surface area contributed by atoms with Crippen molar-refractivity contribution in [2.24, 2.45) is 0 Å². The summed E-state index contributed by atoms with van der Waals surface area (Å²) >= 11 is 1.46. The zero-order valence-corrected chi connectivity index (χ0v) is 19.1. The molecule has 2 aromatic carbocycles. The summed E-state index contributed by atoms with van der Waals surface area (Å²) < 4.78 is 0. The summed E-state index contributed by atoms with van der Waals surface area (Å²) in [6, 6.07) is 15.1. The topological polar surface area (TPSA) is 61.4 Å². The smallest absolute Gasteiger partial charge is 0.262 e. The Balaban J connectivity index is 1.51. The van der Waals surface area contributed by atoms with E-state index in [4.69, 9.17) is 0 Å². The van der Waals surface area contributed by atoms with E-state index in [2.05, 4.69) is 29.4 Å². The van der Waals surface area contributed by atoms with Gasteiger partial charge in [0.1, 0.15) is 0 Å². The first kappa shape index (κ1) is 23.1. The van der Waals surface area contributed by atoms with Gasteiger partial charge in [0.2, 0.25) is 0 Å². The molecule has 3 rings (SSSR count). The summed E-state index contributed by atoms with van der Waals surface area (Å²) in [5.74, 6) is -0.167. The van der Waals surface area contributed by atoms with E-state index in [1.165, 1.54) is 24.6 Å². The first-order chi connectivity index (χ1) is 15.1. The number of nitrogens with zero attached hydrogens (tertiary/aromatic N) is 1. The average molecular weight is 438 g/mol. The summed E-state index contributed by atoms with van der Waals surface area (Å²) in [4.78, 5) is 28.8. The molecule has 5 nitrogen and oxygen atoms in total. The number of nitrogens with one attached hydrogen (secondary N) is 2. The van der Waals surface area contributed by atoms with Crippen LogP contribution in [0.3, 0.4) is 0 Å². The number of carbonyl (C=O) groups is 2. The molecule has 2 aromatic rings. The molecule has 2 N–H and O–H groups in total. The quantitative estimate of drug-likeness (QED) is 0.405. The van der Waals surface area contributed by atoms with E-state index in [-0.39, 0.29) is 11.8 Å². The Bertz CT molecular complexity index is 925. The first-order valence-corrected chi connectivity index (χ1v) is 11.8. The van der Waals surface area contributed by atoms with Crippen molar-refractivity contribution < 1.29 is 9.59 Å². The van der Waals surface area contributed by atoms with E-state index >= 15 is 0 Å². The zero-order chi connectivity index (χ0) is 22.1. The molecule has 1 aliphatic rings. The zero-order valence-electron chi connectivity index (χ0n) is 18.3. The average Bonchev–Trinajstić information content (AvgIpc) is 2.79. The van der Waals surface area contributed by atoms with Gasteiger partial charge in [-0.2, -0.15) is 0 Å². The summed E-state index contributed by atoms with van der Waals surface area (Å²) in [5, 5.41) is 5.92. The molecule has 0 saturated carbocycles. The predicted octanol–water partition coefficient (Wildman–Crippen LogP) is 5.01. The van der Waals surface area contributed by atoms with Crippen LogP contribution < -0.4 is 10.6 Å². The van der Waals surface area contributed by atoms with Crippen LogP contribution in [-0.2, 0) is 4.79 Å². The first-order valence-electron chi connectivity index (χ1n) is 11.0. The number of unbranched alkanes of at least 4 members (excludes halogenated alkanes) is 1. The lowest BCUT2D eigenvalue weighted by Crippen LogP contribution is -2.30. The minimum Gasteiger partial charge on any atom is -0.352 e. The van der Waals surface area contributed by atoms with E-state index in [0.29, 0.717) is 17.0 Å². The third-order valence-corrected chi connectivity index (χ3v) is 6.36. The lowest BCUT2D eigenvalue weighted by Gasteiger charge is -2.19. The molecule has 164 valence electrons. The molecule has 1 heterocycles. The van der Waals surface area contributed by atoms with Crippen molar-refractivity contribution >= 4 is 35.3 Å². The summed E-state index contributed by atoms with van der Waals surface area (Å²) in [7, 11) is 0. The molecule has 6 heteroatoms. The Morgan fingerprint density at radius 1 is 1.06 bits per heavy atom. The molecule has 2 amide bonds. The van der Waals surface area contributed by atoms with Gasteiger partial charge in [0.05, 0.1) is 10.6 Å². The Labute approximate surface area is 189 Å². The van der Waals surface area contributed by atoms with Crippen molar-refractivity contribution in [3.63, 3.8) is 0 Å². The van der Waals surface area contributed by atoms with Gasteiger partial charge in [0, 0.05) is 17.0 Å². The Kier molecular flexibility index (Phi) is 8.74. The van der Waals surface area contributed by atoms with Gasteiger partial charge < -0.3 is 15.5 Å². The van der Waals surface area contributed by atoms with Gasteiger partial charge in [-0.1, -0.05) is 56.3 Å². The minimum atomic E-state index is -0.106. The van der Waals surface area contributed by atoms with Crippen molar-refractivity contribution in [1.29, 1.82) is 0 Å². The van der Waals surface area contributed by atoms with Crippen molar-refractivity contribution in [3.8, 4) is 0 Å². The number of carbonyl (C=O) groups excluding carboxylic acids is 2. The standard InChI is InChI=1S/C25H31N3O2S/c1-3-5-16-28(4-2)17-8-15-26-24(29)20-13-11-19(12-14-20)18-23-25(30)27-21-9-6-7-10-22(21)31-23/h6-7,9-14,18H,3-5,8,15-17H2,1-2H3,(H,26,29)(H,27,30). The largest absolute Gasteiger partial charge is 0.352 e. The highest BCUT2D eigenvalue weighted by atomic mass is 32.2. The van der Waals surface area contributed by atoms with Crippen LogP contribution in [0.5, 0.6) is 0 Å². The minimum absolute atomic E-state index is 0.0606. The van der Waals surface area contributed by atoms with Crippen LogP contribution in [0.1, 0.15) is 49.0 Å². The van der Waals surface area contributed by atoms with Crippen LogP contribution >= 0.6 is 11.8 Å². The van der Waals surface area contributed by atoms with Crippen LogP contribution in [0.15, 0.2) is 58.3 Å². The molecule has 0 fully saturated rings. The summed E-state index contributed by atoms with van der Waals surface area (Å²) in [5.41, 5.74) is 2.36. The fourth-order valence-corrected chi connectivity index (χ4v) is 4.35. The molecule has 31 heavy (non-hydrogen) atoms. The molecule has 0 bridgehead atoms. The number of benzene rings is 2. The molecule has 0 saturated heterocycles. The number of anilines is 1. The van der Waals surface area contributed by atoms with Crippen LogP contribution in [0.2, 0.25) is 0 Å². The van der Waals surface area contributed by atoms with E-state index in [0.717, 1.165) is 42.2 Å². The van der Waals surface area contributed by atoms with E-state index in [9.17, 15) is 9.59 Å². The maximum atomic E-state index is 12.4. The number of fused-ring (bicyclic) bond motifs is 1. The highest BCUT2D eigenvalue weighted by Gasteiger charge is 2.20. The number of hydrogen-bond acceptors (Lipinski definition) is 4. The summed E-state index contributed by atoms with van der Waals surface area (Å²) in [6.45, 7) is 8.24. The normalized spacial score (nSPS) is 14.4. The highest BCUT2D eigenvalue weighted by Crippen LogP contribution is 2.38. The molecule has 0 spiro atoms. The van der Waals surface area contributed by atoms with Crippen molar-refractivity contribution in [3.05, 3.63) is 64.6 Å². The molecule has 0 aliphatic carbocycles. The Morgan fingerprint density at radius 2 is 1.81 bits per heavy atom. The Morgan fingerprint density at radius 3 is 2.55 bits per heavy atom. The molecule has 0 unspecified atom stereocenters. The molecule has 0 aromatic heterocycles.